The third kappa shape index (κ3) is 3.05. The molecule has 1 aromatic carbocycles. The highest BCUT2D eigenvalue weighted by molar-refractivity contribution is 5.99. The first kappa shape index (κ1) is 15.6. The van der Waals surface area contributed by atoms with Crippen molar-refractivity contribution in [2.24, 2.45) is 0 Å². The van der Waals surface area contributed by atoms with Gasteiger partial charge in [-0.15, -0.1) is 0 Å². The van der Waals surface area contributed by atoms with E-state index in [2.05, 4.69) is 20.3 Å². The molecule has 1 fully saturated rings. The first-order chi connectivity index (χ1) is 12.1. The molecule has 25 heavy (non-hydrogen) atoms. The number of halogens is 1. The van der Waals surface area contributed by atoms with Crippen LogP contribution in [0.5, 0.6) is 0 Å². The van der Waals surface area contributed by atoms with E-state index in [4.69, 9.17) is 0 Å². The highest BCUT2D eigenvalue weighted by Gasteiger charge is 2.28. The van der Waals surface area contributed by atoms with Crippen LogP contribution in [-0.2, 0) is 0 Å². The molecule has 6 nitrogen and oxygen atoms in total. The predicted molar refractivity (Wildman–Crippen MR) is 93.0 cm³/mol. The van der Waals surface area contributed by atoms with Gasteiger partial charge in [0.15, 0.2) is 0 Å². The van der Waals surface area contributed by atoms with Crippen molar-refractivity contribution >= 4 is 22.8 Å². The Morgan fingerprint density at radius 1 is 1.32 bits per heavy atom. The molecular weight excluding hydrogens is 321 g/mol. The summed E-state index contributed by atoms with van der Waals surface area (Å²) in [5.74, 6) is 0.187. The maximum Gasteiger partial charge on any atom is 0.270 e. The Kier molecular flexibility index (Phi) is 3.83. The van der Waals surface area contributed by atoms with E-state index in [1.165, 1.54) is 12.1 Å². The van der Waals surface area contributed by atoms with Gasteiger partial charge in [0.1, 0.15) is 11.5 Å². The van der Waals surface area contributed by atoms with Gasteiger partial charge in [-0.3, -0.25) is 4.79 Å². The van der Waals surface area contributed by atoms with Crippen molar-refractivity contribution in [2.75, 3.05) is 18.4 Å². The molecule has 0 saturated carbocycles. The quantitative estimate of drug-likeness (QED) is 0.769. The van der Waals surface area contributed by atoms with Gasteiger partial charge in [-0.2, -0.15) is 0 Å². The number of carbonyl (C=O) groups is 1. The second-order valence-electron chi connectivity index (χ2n) is 6.32. The van der Waals surface area contributed by atoms with Gasteiger partial charge in [0.2, 0.25) is 5.95 Å². The highest BCUT2D eigenvalue weighted by Crippen LogP contribution is 2.23. The van der Waals surface area contributed by atoms with Crippen molar-refractivity contribution in [3.63, 3.8) is 0 Å². The first-order valence-electron chi connectivity index (χ1n) is 8.22. The number of anilines is 1. The molecular formula is C18H18FN5O. The summed E-state index contributed by atoms with van der Waals surface area (Å²) in [7, 11) is 0. The minimum absolute atomic E-state index is 0.0747. The fourth-order valence-corrected chi connectivity index (χ4v) is 3.28. The lowest BCUT2D eigenvalue weighted by Crippen LogP contribution is -2.32. The zero-order valence-electron chi connectivity index (χ0n) is 13.8. The van der Waals surface area contributed by atoms with Gasteiger partial charge in [-0.25, -0.2) is 14.4 Å². The fraction of sp³-hybridized carbons (Fsp3) is 0.278. The summed E-state index contributed by atoms with van der Waals surface area (Å²) in [6.07, 6.45) is 4.19. The van der Waals surface area contributed by atoms with Gasteiger partial charge in [0, 0.05) is 42.4 Å². The molecule has 1 amide bonds. The highest BCUT2D eigenvalue weighted by atomic mass is 19.1. The molecule has 0 aliphatic carbocycles. The minimum Gasteiger partial charge on any atom is -0.350 e. The van der Waals surface area contributed by atoms with Crippen LogP contribution in [-0.4, -0.2) is 44.9 Å². The number of rotatable bonds is 3. The van der Waals surface area contributed by atoms with Gasteiger partial charge in [-0.05, 0) is 43.2 Å². The zero-order valence-corrected chi connectivity index (χ0v) is 13.8. The van der Waals surface area contributed by atoms with E-state index in [-0.39, 0.29) is 17.8 Å². The number of fused-ring (bicyclic) bond motifs is 1. The summed E-state index contributed by atoms with van der Waals surface area (Å²) >= 11 is 0. The van der Waals surface area contributed by atoms with Crippen LogP contribution in [0.15, 0.2) is 36.7 Å². The number of carbonyl (C=O) groups excluding carboxylic acids is 1. The van der Waals surface area contributed by atoms with E-state index in [1.807, 2.05) is 6.92 Å². The number of aromatic nitrogens is 3. The summed E-state index contributed by atoms with van der Waals surface area (Å²) in [6.45, 7) is 3.08. The fourth-order valence-electron chi connectivity index (χ4n) is 3.28. The number of hydrogen-bond donors (Lipinski definition) is 2. The molecule has 1 atom stereocenters. The van der Waals surface area contributed by atoms with Crippen LogP contribution in [0.1, 0.15) is 22.5 Å². The van der Waals surface area contributed by atoms with E-state index < -0.39 is 0 Å². The van der Waals surface area contributed by atoms with Crippen LogP contribution in [0.2, 0.25) is 0 Å². The van der Waals surface area contributed by atoms with Crippen molar-refractivity contribution in [3.05, 3.63) is 53.7 Å². The standard InChI is InChI=1S/C18H18FN5O/c1-11-7-12(19)8-15-14(11)9-16(23-15)17(25)24-6-3-13(10-24)22-18-20-4-2-5-21-18/h2,4-5,7-9,13,23H,3,6,10H2,1H3,(H,20,21,22). The number of likely N-dealkylation sites (tertiary alicyclic amines) is 1. The van der Waals surface area contributed by atoms with E-state index in [1.54, 1.807) is 29.4 Å². The molecule has 0 bridgehead atoms. The number of benzene rings is 1. The number of nitrogens with one attached hydrogen (secondary N) is 2. The Morgan fingerprint density at radius 3 is 2.92 bits per heavy atom. The van der Waals surface area contributed by atoms with Gasteiger partial charge in [0.05, 0.1) is 0 Å². The van der Waals surface area contributed by atoms with Gasteiger partial charge in [-0.1, -0.05) is 0 Å². The third-order valence-corrected chi connectivity index (χ3v) is 4.51. The second kappa shape index (κ2) is 6.16. The summed E-state index contributed by atoms with van der Waals surface area (Å²) in [4.78, 5) is 25.9. The molecule has 3 aromatic rings. The van der Waals surface area contributed by atoms with Crippen LogP contribution in [0.25, 0.3) is 10.9 Å². The maximum atomic E-state index is 13.5. The molecule has 7 heteroatoms. The van der Waals surface area contributed by atoms with E-state index in [0.29, 0.717) is 30.2 Å². The molecule has 3 heterocycles. The summed E-state index contributed by atoms with van der Waals surface area (Å²) in [6, 6.07) is 6.57. The lowest BCUT2D eigenvalue weighted by molar-refractivity contribution is 0.0786. The third-order valence-electron chi connectivity index (χ3n) is 4.51. The molecule has 0 radical (unpaired) electrons. The Morgan fingerprint density at radius 2 is 2.12 bits per heavy atom. The normalized spacial score (nSPS) is 17.2. The van der Waals surface area contributed by atoms with Crippen molar-refractivity contribution in [3.8, 4) is 0 Å². The number of H-pyrrole nitrogens is 1. The van der Waals surface area contributed by atoms with Gasteiger partial charge >= 0.3 is 0 Å². The minimum atomic E-state index is -0.306. The lowest BCUT2D eigenvalue weighted by atomic mass is 10.1. The average molecular weight is 339 g/mol. The average Bonchev–Trinajstić information content (AvgIpc) is 3.22. The van der Waals surface area contributed by atoms with Crippen LogP contribution in [0.4, 0.5) is 10.3 Å². The van der Waals surface area contributed by atoms with Crippen molar-refractivity contribution < 1.29 is 9.18 Å². The molecule has 4 rings (SSSR count). The smallest absolute Gasteiger partial charge is 0.270 e. The first-order valence-corrected chi connectivity index (χ1v) is 8.22. The number of nitrogens with zero attached hydrogens (tertiary/aromatic N) is 3. The summed E-state index contributed by atoms with van der Waals surface area (Å²) < 4.78 is 13.5. The summed E-state index contributed by atoms with van der Waals surface area (Å²) in [5.41, 5.74) is 1.94. The maximum absolute atomic E-state index is 13.5. The second-order valence-corrected chi connectivity index (χ2v) is 6.32. The molecule has 1 unspecified atom stereocenters. The number of hydrogen-bond acceptors (Lipinski definition) is 4. The molecule has 1 aliphatic rings. The van der Waals surface area contributed by atoms with E-state index in [0.717, 1.165) is 17.4 Å². The Labute approximate surface area is 144 Å². The molecule has 2 N–H and O–H groups in total. The molecule has 2 aromatic heterocycles. The van der Waals surface area contributed by atoms with Crippen LogP contribution < -0.4 is 5.32 Å². The van der Waals surface area contributed by atoms with Crippen molar-refractivity contribution in [1.82, 2.24) is 19.9 Å². The number of amides is 1. The number of aryl methyl sites for hydroxylation is 1. The topological polar surface area (TPSA) is 73.9 Å². The van der Waals surface area contributed by atoms with Gasteiger partial charge in [0.25, 0.3) is 5.91 Å². The number of aromatic amines is 1. The van der Waals surface area contributed by atoms with E-state index in [9.17, 15) is 9.18 Å². The lowest BCUT2D eigenvalue weighted by Gasteiger charge is -2.16. The zero-order chi connectivity index (χ0) is 17.4. The van der Waals surface area contributed by atoms with Gasteiger partial charge < -0.3 is 15.2 Å². The monoisotopic (exact) mass is 339 g/mol. The Bertz CT molecular complexity index is 924. The van der Waals surface area contributed by atoms with E-state index >= 15 is 0 Å². The molecule has 1 saturated heterocycles. The SMILES string of the molecule is Cc1cc(F)cc2[nH]c(C(=O)N3CCC(Nc4ncccn4)C3)cc12. The largest absolute Gasteiger partial charge is 0.350 e. The Hall–Kier alpha value is -2.96. The Balaban J connectivity index is 1.49. The van der Waals surface area contributed by atoms with Crippen LogP contribution in [0, 0.1) is 12.7 Å². The summed E-state index contributed by atoms with van der Waals surface area (Å²) in [5, 5.41) is 4.12. The molecule has 1 aliphatic heterocycles. The molecule has 128 valence electrons. The predicted octanol–water partition coefficient (Wildman–Crippen LogP) is 2.73. The van der Waals surface area contributed by atoms with Crippen molar-refractivity contribution in [2.45, 2.75) is 19.4 Å². The molecule has 0 spiro atoms. The van der Waals surface area contributed by atoms with Crippen LogP contribution in [0.3, 0.4) is 0 Å². The van der Waals surface area contributed by atoms with Crippen LogP contribution >= 0.6 is 0 Å². The van der Waals surface area contributed by atoms with Crippen molar-refractivity contribution in [1.29, 1.82) is 0 Å².